The summed E-state index contributed by atoms with van der Waals surface area (Å²) in [6.07, 6.45) is 1.22. The highest BCUT2D eigenvalue weighted by atomic mass is 16.3. The quantitative estimate of drug-likeness (QED) is 0.746. The van der Waals surface area contributed by atoms with E-state index >= 15 is 0 Å². The first-order chi connectivity index (χ1) is 7.09. The van der Waals surface area contributed by atoms with Gasteiger partial charge in [-0.05, 0) is 31.5 Å². The summed E-state index contributed by atoms with van der Waals surface area (Å²) in [5.41, 5.74) is 7.68. The van der Waals surface area contributed by atoms with Gasteiger partial charge in [-0.3, -0.25) is 4.40 Å². The van der Waals surface area contributed by atoms with Crippen LogP contribution in [0.1, 0.15) is 24.4 Å². The molecule has 0 saturated heterocycles. The first kappa shape index (κ1) is 10.1. The summed E-state index contributed by atoms with van der Waals surface area (Å²) >= 11 is 0. The van der Waals surface area contributed by atoms with E-state index in [-0.39, 0.29) is 0 Å². The third-order valence-electron chi connectivity index (χ3n) is 2.41. The predicted molar refractivity (Wildman–Crippen MR) is 56.3 cm³/mol. The molecule has 0 fully saturated rings. The number of fused-ring (bicyclic) bond motifs is 1. The van der Waals surface area contributed by atoms with Crippen LogP contribution in [0.4, 0.5) is 0 Å². The second kappa shape index (κ2) is 3.60. The van der Waals surface area contributed by atoms with Crippen molar-refractivity contribution in [1.82, 2.24) is 14.6 Å². The Kier molecular flexibility index (Phi) is 2.42. The summed E-state index contributed by atoms with van der Waals surface area (Å²) in [6, 6.07) is 3.36. The lowest BCUT2D eigenvalue weighted by atomic mass is 10.2. The molecule has 0 aliphatic rings. The molecule has 2 atom stereocenters. The highest BCUT2D eigenvalue weighted by Gasteiger charge is 2.18. The van der Waals surface area contributed by atoms with Gasteiger partial charge in [-0.25, -0.2) is 0 Å². The van der Waals surface area contributed by atoms with Crippen molar-refractivity contribution in [2.24, 2.45) is 5.73 Å². The zero-order chi connectivity index (χ0) is 11.0. The summed E-state index contributed by atoms with van der Waals surface area (Å²) in [5.74, 6) is 0.583. The number of nitrogens with zero attached hydrogens (tertiary/aromatic N) is 3. The Balaban J connectivity index is 2.54. The Labute approximate surface area is 87.6 Å². The number of aromatic nitrogens is 3. The van der Waals surface area contributed by atoms with Crippen LogP contribution in [0.25, 0.3) is 5.65 Å². The Morgan fingerprint density at radius 2 is 2.20 bits per heavy atom. The molecule has 0 aliphatic carbocycles. The summed E-state index contributed by atoms with van der Waals surface area (Å²) < 4.78 is 1.80. The highest BCUT2D eigenvalue weighted by molar-refractivity contribution is 5.41. The minimum absolute atomic E-state index is 0.511. The summed E-state index contributed by atoms with van der Waals surface area (Å²) in [6.45, 7) is 3.63. The molecule has 2 rings (SSSR count). The lowest BCUT2D eigenvalue weighted by Crippen LogP contribution is -2.25. The van der Waals surface area contributed by atoms with Gasteiger partial charge in [-0.1, -0.05) is 0 Å². The second-order valence-electron chi connectivity index (χ2n) is 3.76. The monoisotopic (exact) mass is 206 g/mol. The Morgan fingerprint density at radius 3 is 2.87 bits per heavy atom. The molecule has 0 saturated carbocycles. The van der Waals surface area contributed by atoms with Gasteiger partial charge in [0.25, 0.3) is 0 Å². The van der Waals surface area contributed by atoms with E-state index in [0.29, 0.717) is 5.82 Å². The van der Waals surface area contributed by atoms with Crippen LogP contribution in [-0.2, 0) is 0 Å². The van der Waals surface area contributed by atoms with E-state index in [2.05, 4.69) is 10.2 Å². The third kappa shape index (κ3) is 1.71. The summed E-state index contributed by atoms with van der Waals surface area (Å²) in [4.78, 5) is 0. The maximum absolute atomic E-state index is 9.40. The SMILES string of the molecule is Cc1ccn2c(C(N)C(C)O)nnc2c1. The van der Waals surface area contributed by atoms with Crippen molar-refractivity contribution in [3.05, 3.63) is 29.7 Å². The first-order valence-electron chi connectivity index (χ1n) is 4.84. The van der Waals surface area contributed by atoms with E-state index in [0.717, 1.165) is 11.2 Å². The maximum atomic E-state index is 9.40. The van der Waals surface area contributed by atoms with Crippen LogP contribution in [0.15, 0.2) is 18.3 Å². The van der Waals surface area contributed by atoms with Crippen LogP contribution in [0.5, 0.6) is 0 Å². The van der Waals surface area contributed by atoms with E-state index in [9.17, 15) is 5.11 Å². The van der Waals surface area contributed by atoms with E-state index in [1.807, 2.05) is 25.3 Å². The van der Waals surface area contributed by atoms with Crippen LogP contribution < -0.4 is 5.73 Å². The van der Waals surface area contributed by atoms with Crippen LogP contribution >= 0.6 is 0 Å². The van der Waals surface area contributed by atoms with Gasteiger partial charge in [0.1, 0.15) is 0 Å². The number of pyridine rings is 1. The zero-order valence-electron chi connectivity index (χ0n) is 8.75. The van der Waals surface area contributed by atoms with Gasteiger partial charge in [0.05, 0.1) is 12.1 Å². The molecule has 0 radical (unpaired) electrons. The normalized spacial score (nSPS) is 15.5. The lowest BCUT2D eigenvalue weighted by molar-refractivity contribution is 0.160. The number of aliphatic hydroxyl groups is 1. The maximum Gasteiger partial charge on any atom is 0.161 e. The Bertz CT molecular complexity index is 477. The molecular weight excluding hydrogens is 192 g/mol. The van der Waals surface area contributed by atoms with Gasteiger partial charge in [0.2, 0.25) is 0 Å². The molecule has 5 nitrogen and oxygen atoms in total. The standard InChI is InChI=1S/C10H14N4O/c1-6-3-4-14-8(5-6)12-13-10(14)9(11)7(2)15/h3-5,7,9,15H,11H2,1-2H3. The van der Waals surface area contributed by atoms with E-state index in [1.165, 1.54) is 0 Å². The van der Waals surface area contributed by atoms with E-state index in [1.54, 1.807) is 11.3 Å². The molecule has 2 aromatic rings. The smallest absolute Gasteiger partial charge is 0.161 e. The molecular formula is C10H14N4O. The van der Waals surface area contributed by atoms with Gasteiger partial charge in [0.15, 0.2) is 11.5 Å². The van der Waals surface area contributed by atoms with Crippen molar-refractivity contribution in [2.45, 2.75) is 26.0 Å². The molecule has 2 unspecified atom stereocenters. The molecule has 0 bridgehead atoms. The van der Waals surface area contributed by atoms with Crippen molar-refractivity contribution in [3.8, 4) is 0 Å². The van der Waals surface area contributed by atoms with Gasteiger partial charge in [-0.2, -0.15) is 0 Å². The molecule has 2 heterocycles. The fourth-order valence-corrected chi connectivity index (χ4v) is 1.45. The Morgan fingerprint density at radius 1 is 1.47 bits per heavy atom. The number of aryl methyl sites for hydroxylation is 1. The van der Waals surface area contributed by atoms with Crippen LogP contribution in [0.3, 0.4) is 0 Å². The molecule has 80 valence electrons. The molecule has 5 heteroatoms. The minimum atomic E-state index is -0.640. The zero-order valence-corrected chi connectivity index (χ0v) is 8.75. The van der Waals surface area contributed by atoms with Crippen LogP contribution in [-0.4, -0.2) is 25.8 Å². The second-order valence-corrected chi connectivity index (χ2v) is 3.76. The van der Waals surface area contributed by atoms with Crippen molar-refractivity contribution in [2.75, 3.05) is 0 Å². The van der Waals surface area contributed by atoms with Gasteiger partial charge in [-0.15, -0.1) is 10.2 Å². The minimum Gasteiger partial charge on any atom is -0.391 e. The van der Waals surface area contributed by atoms with Gasteiger partial charge in [0, 0.05) is 6.20 Å². The van der Waals surface area contributed by atoms with Crippen molar-refractivity contribution < 1.29 is 5.11 Å². The average molecular weight is 206 g/mol. The number of aliphatic hydroxyl groups excluding tert-OH is 1. The van der Waals surface area contributed by atoms with E-state index < -0.39 is 12.1 Å². The largest absolute Gasteiger partial charge is 0.391 e. The predicted octanol–water partition coefficient (Wildman–Crippen LogP) is 0.418. The lowest BCUT2D eigenvalue weighted by Gasteiger charge is -2.12. The van der Waals surface area contributed by atoms with Crippen LogP contribution in [0, 0.1) is 6.92 Å². The molecule has 0 spiro atoms. The van der Waals surface area contributed by atoms with Gasteiger partial charge >= 0.3 is 0 Å². The molecule has 3 N–H and O–H groups in total. The number of rotatable bonds is 2. The van der Waals surface area contributed by atoms with Crippen molar-refractivity contribution in [1.29, 1.82) is 0 Å². The number of nitrogens with two attached hydrogens (primary N) is 1. The summed E-state index contributed by atoms with van der Waals surface area (Å²) in [7, 11) is 0. The molecule has 15 heavy (non-hydrogen) atoms. The molecule has 0 aliphatic heterocycles. The molecule has 0 aromatic carbocycles. The highest BCUT2D eigenvalue weighted by Crippen LogP contribution is 2.14. The fraction of sp³-hybridized carbons (Fsp3) is 0.400. The topological polar surface area (TPSA) is 76.4 Å². The van der Waals surface area contributed by atoms with E-state index in [4.69, 9.17) is 5.73 Å². The van der Waals surface area contributed by atoms with Crippen LogP contribution in [0.2, 0.25) is 0 Å². The van der Waals surface area contributed by atoms with Gasteiger partial charge < -0.3 is 10.8 Å². The third-order valence-corrected chi connectivity index (χ3v) is 2.41. The number of hydrogen-bond acceptors (Lipinski definition) is 4. The first-order valence-corrected chi connectivity index (χ1v) is 4.84. The average Bonchev–Trinajstić information content (AvgIpc) is 2.59. The summed E-state index contributed by atoms with van der Waals surface area (Å²) in [5, 5.41) is 17.4. The number of hydrogen-bond donors (Lipinski definition) is 2. The Hall–Kier alpha value is -1.46. The molecule has 2 aromatic heterocycles. The molecule has 0 amide bonds. The van der Waals surface area contributed by atoms with Crippen molar-refractivity contribution in [3.63, 3.8) is 0 Å². The fourth-order valence-electron chi connectivity index (χ4n) is 1.45. The van der Waals surface area contributed by atoms with Crippen molar-refractivity contribution >= 4 is 5.65 Å².